The first-order chi connectivity index (χ1) is 19.0. The van der Waals surface area contributed by atoms with Gasteiger partial charge in [0, 0.05) is 40.9 Å². The van der Waals surface area contributed by atoms with Crippen molar-refractivity contribution in [3.05, 3.63) is 77.5 Å². The highest BCUT2D eigenvalue weighted by molar-refractivity contribution is 6.30. The second kappa shape index (κ2) is 10.5. The minimum atomic E-state index is -0.231. The van der Waals surface area contributed by atoms with Gasteiger partial charge in [-0.05, 0) is 55.2 Å². The van der Waals surface area contributed by atoms with Crippen LogP contribution in [0, 0.1) is 5.92 Å². The quantitative estimate of drug-likeness (QED) is 0.383. The highest BCUT2D eigenvalue weighted by atomic mass is 35.5. The zero-order valence-electron chi connectivity index (χ0n) is 21.3. The van der Waals surface area contributed by atoms with Gasteiger partial charge in [0.1, 0.15) is 0 Å². The molecule has 0 saturated heterocycles. The van der Waals surface area contributed by atoms with Crippen molar-refractivity contribution in [2.45, 2.75) is 38.6 Å². The van der Waals surface area contributed by atoms with Gasteiger partial charge in [0.25, 0.3) is 0 Å². The highest BCUT2D eigenvalue weighted by Gasteiger charge is 2.30. The number of aromatic amines is 1. The molecule has 1 aromatic carbocycles. The highest BCUT2D eigenvalue weighted by Crippen LogP contribution is 2.36. The zero-order valence-corrected chi connectivity index (χ0v) is 22.1. The van der Waals surface area contributed by atoms with Crippen molar-refractivity contribution in [1.82, 2.24) is 35.1 Å². The van der Waals surface area contributed by atoms with Crippen LogP contribution in [0.3, 0.4) is 0 Å². The molecule has 0 unspecified atom stereocenters. The van der Waals surface area contributed by atoms with Crippen molar-refractivity contribution in [3.63, 3.8) is 0 Å². The molecule has 2 amide bonds. The molecule has 11 heteroatoms. The predicted molar refractivity (Wildman–Crippen MR) is 147 cm³/mol. The first-order valence-electron chi connectivity index (χ1n) is 13.0. The number of H-pyrrole nitrogens is 1. The average Bonchev–Trinajstić information content (AvgIpc) is 3.64. The van der Waals surface area contributed by atoms with Gasteiger partial charge in [-0.1, -0.05) is 30.2 Å². The third kappa shape index (κ3) is 4.95. The van der Waals surface area contributed by atoms with Crippen LogP contribution in [0.5, 0.6) is 0 Å². The number of rotatable bonds is 3. The second-order valence-electron chi connectivity index (χ2n) is 9.93. The summed E-state index contributed by atoms with van der Waals surface area (Å²) in [5.74, 6) is -0.311. The Morgan fingerprint density at radius 3 is 2.82 bits per heavy atom. The summed E-state index contributed by atoms with van der Waals surface area (Å²) in [6.07, 6.45) is 11.2. The number of amides is 2. The van der Waals surface area contributed by atoms with Crippen LogP contribution in [0.4, 0.5) is 5.69 Å². The summed E-state index contributed by atoms with van der Waals surface area (Å²) in [6, 6.07) is 9.17. The van der Waals surface area contributed by atoms with Gasteiger partial charge in [0.2, 0.25) is 11.8 Å². The fourth-order valence-corrected chi connectivity index (χ4v) is 5.51. The number of pyridine rings is 1. The van der Waals surface area contributed by atoms with E-state index < -0.39 is 0 Å². The van der Waals surface area contributed by atoms with E-state index in [0.29, 0.717) is 42.2 Å². The molecule has 2 aliphatic rings. The van der Waals surface area contributed by atoms with E-state index in [2.05, 4.69) is 30.8 Å². The van der Waals surface area contributed by atoms with E-state index >= 15 is 0 Å². The van der Waals surface area contributed by atoms with Crippen LogP contribution in [0.2, 0.25) is 5.02 Å². The first kappa shape index (κ1) is 25.0. The Morgan fingerprint density at radius 1 is 1.10 bits per heavy atom. The molecule has 3 aromatic heterocycles. The number of benzene rings is 1. The van der Waals surface area contributed by atoms with Crippen molar-refractivity contribution < 1.29 is 9.59 Å². The van der Waals surface area contributed by atoms with E-state index in [1.807, 2.05) is 36.1 Å². The number of carbonyl (C=O) groups excluding carboxylic acids is 2. The second-order valence-corrected chi connectivity index (χ2v) is 10.4. The fourth-order valence-electron chi connectivity index (χ4n) is 5.33. The van der Waals surface area contributed by atoms with Gasteiger partial charge in [-0.2, -0.15) is 5.10 Å². The van der Waals surface area contributed by atoms with Crippen LogP contribution >= 0.6 is 11.6 Å². The van der Waals surface area contributed by atoms with Crippen LogP contribution in [-0.2, 0) is 9.59 Å². The van der Waals surface area contributed by atoms with Crippen molar-refractivity contribution in [3.8, 4) is 16.9 Å². The Labute approximate surface area is 230 Å². The van der Waals surface area contributed by atoms with Crippen LogP contribution in [0.1, 0.15) is 49.9 Å². The molecule has 2 atom stereocenters. The molecule has 2 aliphatic heterocycles. The van der Waals surface area contributed by atoms with Gasteiger partial charge in [0.05, 0.1) is 47.4 Å². The van der Waals surface area contributed by atoms with Crippen LogP contribution in [0.25, 0.3) is 22.5 Å². The number of hydrogen-bond acceptors (Lipinski definition) is 6. The third-order valence-corrected chi connectivity index (χ3v) is 7.66. The molecule has 0 fully saturated rings. The van der Waals surface area contributed by atoms with Gasteiger partial charge >= 0.3 is 0 Å². The Morgan fingerprint density at radius 2 is 2.00 bits per heavy atom. The van der Waals surface area contributed by atoms with Crippen molar-refractivity contribution in [2.75, 3.05) is 11.9 Å². The molecule has 0 radical (unpaired) electrons. The number of carbonyl (C=O) groups is 2. The molecule has 6 rings (SSSR count). The largest absolute Gasteiger partial charge is 0.330 e. The summed E-state index contributed by atoms with van der Waals surface area (Å²) in [7, 11) is 0. The van der Waals surface area contributed by atoms with E-state index in [0.717, 1.165) is 34.5 Å². The van der Waals surface area contributed by atoms with E-state index in [9.17, 15) is 9.59 Å². The maximum absolute atomic E-state index is 13.7. The van der Waals surface area contributed by atoms with E-state index in [-0.39, 0.29) is 23.8 Å². The van der Waals surface area contributed by atoms with Crippen LogP contribution < -0.4 is 5.32 Å². The molecule has 0 saturated carbocycles. The molecular formula is C28H27ClN8O2. The monoisotopic (exact) mass is 542 g/mol. The summed E-state index contributed by atoms with van der Waals surface area (Å²) < 4.78 is 1.67. The summed E-state index contributed by atoms with van der Waals surface area (Å²) >= 11 is 6.35. The molecule has 4 aromatic rings. The number of aromatic nitrogens is 6. The number of nitrogens with one attached hydrogen (secondary N) is 2. The number of hydrogen-bond donors (Lipinski definition) is 2. The summed E-state index contributed by atoms with van der Waals surface area (Å²) in [5.41, 5.74) is 5.57. The van der Waals surface area contributed by atoms with E-state index in [1.165, 1.54) is 0 Å². The third-order valence-electron chi connectivity index (χ3n) is 7.42. The van der Waals surface area contributed by atoms with Gasteiger partial charge in [-0.3, -0.25) is 19.7 Å². The number of nitrogens with zero attached hydrogens (tertiary/aromatic N) is 6. The lowest BCUT2D eigenvalue weighted by atomic mass is 9.93. The fraction of sp³-hybridized carbons (Fsp3) is 0.286. The molecule has 2 N–H and O–H groups in total. The van der Waals surface area contributed by atoms with Gasteiger partial charge in [0.15, 0.2) is 0 Å². The molecular weight excluding hydrogens is 516 g/mol. The normalized spacial score (nSPS) is 19.9. The van der Waals surface area contributed by atoms with Gasteiger partial charge in [-0.25, -0.2) is 4.68 Å². The molecule has 0 aliphatic carbocycles. The van der Waals surface area contributed by atoms with E-state index in [1.54, 1.807) is 41.6 Å². The summed E-state index contributed by atoms with van der Waals surface area (Å²) in [6.45, 7) is 2.45. The van der Waals surface area contributed by atoms with Crippen LogP contribution in [0.15, 0.2) is 61.2 Å². The predicted octanol–water partition coefficient (Wildman–Crippen LogP) is 4.82. The van der Waals surface area contributed by atoms with Gasteiger partial charge < -0.3 is 10.2 Å². The Balaban J connectivity index is 1.35. The summed E-state index contributed by atoms with van der Waals surface area (Å²) in [4.78, 5) is 33.1. The molecule has 5 heterocycles. The zero-order chi connectivity index (χ0) is 26.9. The lowest BCUT2D eigenvalue weighted by Crippen LogP contribution is -2.38. The Kier molecular flexibility index (Phi) is 6.70. The topological polar surface area (TPSA) is 122 Å². The SMILES string of the molecule is C[C@@H]1CCC[C@H](N2CCC(c3cc(Cl)ccc3-n3ccnn3)=CC2=O)c2cc(ccn2)-c2[nH]ncc2NC1=O. The summed E-state index contributed by atoms with van der Waals surface area (Å²) in [5, 5.41) is 18.8. The molecule has 0 spiro atoms. The lowest BCUT2D eigenvalue weighted by Gasteiger charge is -2.34. The van der Waals surface area contributed by atoms with Crippen LogP contribution in [-0.4, -0.2) is 53.4 Å². The first-order valence-corrected chi connectivity index (χ1v) is 13.3. The van der Waals surface area contributed by atoms with Crippen molar-refractivity contribution in [1.29, 1.82) is 0 Å². The molecule has 2 bridgehead atoms. The number of fused-ring (bicyclic) bond motifs is 4. The average molecular weight is 543 g/mol. The molecule has 39 heavy (non-hydrogen) atoms. The Bertz CT molecular complexity index is 1560. The maximum Gasteiger partial charge on any atom is 0.247 e. The Hall–Kier alpha value is -4.31. The van der Waals surface area contributed by atoms with E-state index in [4.69, 9.17) is 11.6 Å². The van der Waals surface area contributed by atoms with Gasteiger partial charge in [-0.15, -0.1) is 5.10 Å². The smallest absolute Gasteiger partial charge is 0.247 e. The number of anilines is 1. The minimum Gasteiger partial charge on any atom is -0.330 e. The van der Waals surface area contributed by atoms with Crippen molar-refractivity contribution >= 4 is 34.7 Å². The standard InChI is InChI=1S/C28H27ClN8O2/c1-17-3-2-4-25(22-13-19(7-9-30-22)27-23(16-32-34-27)33-28(17)39)36-11-8-18(14-26(36)38)21-15-20(29)5-6-24(21)37-12-10-31-35-37/h5-7,9-10,12-17,25H,2-4,8,11H2,1H3,(H,32,34)(H,33,39)/t17-,25+/m1/s1. The number of halogens is 1. The maximum atomic E-state index is 13.7. The molecule has 10 nitrogen and oxygen atoms in total. The van der Waals surface area contributed by atoms with Crippen molar-refractivity contribution in [2.24, 2.45) is 5.92 Å². The molecule has 198 valence electrons. The lowest BCUT2D eigenvalue weighted by molar-refractivity contribution is -0.129. The minimum absolute atomic E-state index is 0.0459.